The molecule has 63 heavy (non-hydrogen) atoms. The fraction of sp³-hybridized carbons (Fsp3) is 0.488. The average Bonchev–Trinajstić information content (AvgIpc) is 3.49. The standard InChI is InChI=1S/C41H55N3O13S4.2Na/c1-40(2)33-27-31(60(52,53)54)15-17-35(33)43(21-6-8-25-58(46,47)48)37(40)19-13-29-11-10-12-30(39(29)42(5)23-24-45)14-20-38-41(3,4)34-28-32(61(55,56)57)16-18-36(34)44(38)22-7-9-26-59(49,50)51;;/h13-20,27-28,45H,6-12,21-26H2,1-5H3,(H3-,46,47,48,49,50,51,52,53,54,55,56,57);;/q;2*+1/p-1. The molecule has 2 aromatic rings. The summed E-state index contributed by atoms with van der Waals surface area (Å²) in [6, 6.07) is 8.53. The summed E-state index contributed by atoms with van der Waals surface area (Å²) < 4.78 is 139. The van der Waals surface area contributed by atoms with Gasteiger partial charge in [-0.15, -0.1) is 0 Å². The van der Waals surface area contributed by atoms with Crippen molar-refractivity contribution in [1.29, 1.82) is 0 Å². The first kappa shape index (κ1) is 55.6. The van der Waals surface area contributed by atoms with E-state index in [1.165, 1.54) is 24.3 Å². The van der Waals surface area contributed by atoms with Gasteiger partial charge in [-0.05, 0) is 105 Å². The molecule has 16 nitrogen and oxygen atoms in total. The molecule has 1 fully saturated rings. The van der Waals surface area contributed by atoms with Crippen LogP contribution in [0.3, 0.4) is 0 Å². The molecule has 0 aromatic heterocycles. The molecule has 0 bridgehead atoms. The topological polar surface area (TPSA) is 253 Å². The summed E-state index contributed by atoms with van der Waals surface area (Å²) in [4.78, 5) is 3.29. The van der Waals surface area contributed by atoms with Crippen LogP contribution in [0.2, 0.25) is 0 Å². The smallest absolute Gasteiger partial charge is 0.748 e. The van der Waals surface area contributed by atoms with Crippen molar-refractivity contribution in [2.24, 2.45) is 0 Å². The number of benzene rings is 2. The Hall–Kier alpha value is -1.73. The molecule has 0 radical (unpaired) electrons. The number of unbranched alkanes of at least 4 members (excludes halogenated alkanes) is 2. The maximum atomic E-state index is 12.1. The predicted octanol–water partition coefficient (Wildman–Crippen LogP) is -1.39. The Morgan fingerprint density at radius 1 is 0.683 bits per heavy atom. The number of nitrogens with zero attached hydrogens (tertiary/aromatic N) is 3. The molecule has 0 saturated heterocycles. The molecule has 3 aliphatic rings. The van der Waals surface area contributed by atoms with Crippen molar-refractivity contribution in [1.82, 2.24) is 0 Å². The normalized spacial score (nSPS) is 20.8. The molecule has 336 valence electrons. The van der Waals surface area contributed by atoms with Crippen molar-refractivity contribution >= 4 is 57.6 Å². The van der Waals surface area contributed by atoms with E-state index in [1.54, 1.807) is 12.1 Å². The van der Waals surface area contributed by atoms with Crippen molar-refractivity contribution in [3.63, 3.8) is 0 Å². The molecule has 5 rings (SSSR count). The van der Waals surface area contributed by atoms with Crippen LogP contribution in [0.25, 0.3) is 0 Å². The van der Waals surface area contributed by atoms with Gasteiger partial charge in [-0.2, -0.15) is 16.8 Å². The van der Waals surface area contributed by atoms with Crippen molar-refractivity contribution in [3.8, 4) is 0 Å². The Bertz CT molecular complexity index is 2500. The van der Waals surface area contributed by atoms with E-state index in [9.17, 15) is 57.0 Å². The Morgan fingerprint density at radius 2 is 1.13 bits per heavy atom. The molecule has 0 unspecified atom stereocenters. The van der Waals surface area contributed by atoms with Crippen LogP contribution in [0.15, 0.2) is 93.0 Å². The van der Waals surface area contributed by atoms with Crippen LogP contribution in [0.1, 0.15) is 83.8 Å². The molecular weight excluding hydrogens is 917 g/mol. The van der Waals surface area contributed by atoms with E-state index in [4.69, 9.17) is 0 Å². The van der Waals surface area contributed by atoms with Crippen LogP contribution in [-0.4, -0.2) is 112 Å². The van der Waals surface area contributed by atoms with Crippen molar-refractivity contribution < 1.29 is 121 Å². The van der Waals surface area contributed by atoms with Crippen LogP contribution in [0.4, 0.5) is 11.4 Å². The predicted molar refractivity (Wildman–Crippen MR) is 230 cm³/mol. The van der Waals surface area contributed by atoms with Crippen molar-refractivity contribution in [3.05, 3.63) is 94.4 Å². The fourth-order valence-electron chi connectivity index (χ4n) is 8.56. The van der Waals surface area contributed by atoms with Gasteiger partial charge in [-0.1, -0.05) is 39.8 Å². The van der Waals surface area contributed by atoms with Crippen molar-refractivity contribution in [2.75, 3.05) is 54.6 Å². The molecule has 1 aliphatic carbocycles. The molecule has 0 atom stereocenters. The fourth-order valence-corrected chi connectivity index (χ4v) is 10.7. The van der Waals surface area contributed by atoms with Crippen molar-refractivity contribution in [2.45, 2.75) is 93.3 Å². The molecule has 0 spiro atoms. The zero-order valence-corrected chi connectivity index (χ0v) is 44.1. The summed E-state index contributed by atoms with van der Waals surface area (Å²) in [6.07, 6.45) is 10.9. The minimum Gasteiger partial charge on any atom is -0.748 e. The second-order valence-corrected chi connectivity index (χ2v) is 22.5. The Labute approximate surface area is 416 Å². The zero-order valence-electron chi connectivity index (χ0n) is 36.9. The molecule has 2 heterocycles. The van der Waals surface area contributed by atoms with Gasteiger partial charge in [0.1, 0.15) is 23.8 Å². The first-order valence-corrected chi connectivity index (χ1v) is 25.9. The van der Waals surface area contributed by atoms with Gasteiger partial charge in [0, 0.05) is 63.6 Å². The van der Waals surface area contributed by atoms with E-state index in [-0.39, 0.29) is 88.4 Å². The molecule has 0 amide bonds. The minimum absolute atomic E-state index is 0. The second kappa shape index (κ2) is 21.5. The van der Waals surface area contributed by atoms with Gasteiger partial charge < -0.3 is 24.0 Å². The zero-order chi connectivity index (χ0) is 45.3. The molecule has 2 aromatic carbocycles. The van der Waals surface area contributed by atoms with E-state index in [0.29, 0.717) is 67.8 Å². The third-order valence-electron chi connectivity index (χ3n) is 11.6. The van der Waals surface area contributed by atoms with Gasteiger partial charge >= 0.3 is 59.1 Å². The van der Waals surface area contributed by atoms with E-state index in [1.807, 2.05) is 73.4 Å². The summed E-state index contributed by atoms with van der Waals surface area (Å²) in [7, 11) is -16.0. The van der Waals surface area contributed by atoms with Gasteiger partial charge in [-0.3, -0.25) is 9.11 Å². The SMILES string of the molecule is C[N+](CCO)=C1C(=CC=C2N(CCCCS(=O)(=O)[O-])c3ccc(S(=O)(=O)O)cc3C2(C)C)CCCC1=CC=C1N(CCCCS(=O)(=O)O)c2ccc(S(=O)(=O)[O-])cc2C1(C)C.[Na+].[Na+]. The van der Waals surface area contributed by atoms with Crippen LogP contribution in [0.5, 0.6) is 0 Å². The van der Waals surface area contributed by atoms with Gasteiger partial charge in [0.05, 0.1) is 25.7 Å². The van der Waals surface area contributed by atoms with Gasteiger partial charge in [0.15, 0.2) is 6.54 Å². The summed E-state index contributed by atoms with van der Waals surface area (Å²) in [5, 5.41) is 10.0. The number of aliphatic hydroxyl groups is 1. The van der Waals surface area contributed by atoms with Crippen LogP contribution < -0.4 is 68.9 Å². The number of rotatable bonds is 16. The van der Waals surface area contributed by atoms with Gasteiger partial charge in [0.2, 0.25) is 5.71 Å². The molecular formula is C41H54N3Na2O13S4+. The number of hydrogen-bond acceptors (Lipinski definition) is 13. The van der Waals surface area contributed by atoms with Gasteiger partial charge in [0.25, 0.3) is 20.2 Å². The summed E-state index contributed by atoms with van der Waals surface area (Å²) in [5.74, 6) is -0.951. The van der Waals surface area contributed by atoms with E-state index in [0.717, 1.165) is 34.7 Å². The Balaban J connectivity index is 0.00000528. The van der Waals surface area contributed by atoms with E-state index >= 15 is 0 Å². The van der Waals surface area contributed by atoms with Crippen LogP contribution >= 0.6 is 0 Å². The van der Waals surface area contributed by atoms with Gasteiger partial charge in [-0.25, -0.2) is 21.4 Å². The van der Waals surface area contributed by atoms with Crippen LogP contribution in [-0.2, 0) is 51.3 Å². The Morgan fingerprint density at radius 3 is 1.54 bits per heavy atom. The first-order valence-electron chi connectivity index (χ1n) is 19.9. The largest absolute Gasteiger partial charge is 1.00 e. The molecule has 2 aliphatic heterocycles. The number of allylic oxidation sites excluding steroid dienone is 8. The first-order chi connectivity index (χ1) is 28.2. The average molecular weight is 971 g/mol. The summed E-state index contributed by atoms with van der Waals surface area (Å²) in [6.45, 7) is 8.44. The molecule has 3 N–H and O–H groups in total. The third-order valence-corrected chi connectivity index (χ3v) is 14.8. The van der Waals surface area contributed by atoms with Crippen LogP contribution in [0, 0.1) is 0 Å². The Kier molecular flexibility index (Phi) is 19.0. The number of likely N-dealkylation sites (N-methyl/N-ethyl adjacent to an activating group) is 1. The third kappa shape index (κ3) is 13.5. The quantitative estimate of drug-likeness (QED) is 0.0759. The molecule has 22 heteroatoms. The van der Waals surface area contributed by atoms with E-state index in [2.05, 4.69) is 0 Å². The maximum Gasteiger partial charge on any atom is 1.00 e. The number of aliphatic hydroxyl groups excluding tert-OH is 1. The molecule has 1 saturated carbocycles. The second-order valence-electron chi connectivity index (χ2n) is 16.6. The maximum absolute atomic E-state index is 12.1. The number of hydrogen-bond donors (Lipinski definition) is 3. The van der Waals surface area contributed by atoms with E-state index < -0.39 is 62.8 Å². The monoisotopic (exact) mass is 970 g/mol. The minimum atomic E-state index is -4.77. The number of anilines is 2. The number of fused-ring (bicyclic) bond motifs is 2. The summed E-state index contributed by atoms with van der Waals surface area (Å²) in [5.41, 5.74) is 5.23. The summed E-state index contributed by atoms with van der Waals surface area (Å²) >= 11 is 0.